The summed E-state index contributed by atoms with van der Waals surface area (Å²) in [5.41, 5.74) is 0. The number of aryl methyl sites for hydroxylation is 1. The van der Waals surface area contributed by atoms with Gasteiger partial charge >= 0.3 is 0 Å². The second kappa shape index (κ2) is 3.14. The van der Waals surface area contributed by atoms with Crippen LogP contribution < -0.4 is 5.32 Å². The van der Waals surface area contributed by atoms with Crippen molar-refractivity contribution in [3.05, 3.63) is 12.2 Å². The highest BCUT2D eigenvalue weighted by atomic mass is 16.1. The molecule has 0 aliphatic rings. The molecule has 1 N–H and O–H groups in total. The molecule has 60 valence electrons. The van der Waals surface area contributed by atoms with E-state index in [2.05, 4.69) is 15.4 Å². The summed E-state index contributed by atoms with van der Waals surface area (Å²) in [4.78, 5) is 14.7. The summed E-state index contributed by atoms with van der Waals surface area (Å²) in [6.45, 7) is 2.01. The molecule has 0 spiro atoms. The van der Waals surface area contributed by atoms with Gasteiger partial charge in [0.15, 0.2) is 0 Å². The second-order valence-corrected chi connectivity index (χ2v) is 2.16. The fraction of sp³-hybridized carbons (Fsp3) is 0.500. The molecule has 0 atom stereocenters. The highest BCUT2D eigenvalue weighted by molar-refractivity contribution is 5.75. The molecule has 1 amide bonds. The molecule has 0 saturated carbocycles. The van der Waals surface area contributed by atoms with E-state index >= 15 is 0 Å². The average molecular weight is 154 g/mol. The van der Waals surface area contributed by atoms with Crippen molar-refractivity contribution in [2.75, 3.05) is 7.05 Å². The van der Waals surface area contributed by atoms with Crippen LogP contribution in [0.5, 0.6) is 0 Å². The SMILES string of the molecule is CNC(=O)Cn1cnc(C)n1. The minimum Gasteiger partial charge on any atom is -0.358 e. The van der Waals surface area contributed by atoms with Gasteiger partial charge in [-0.2, -0.15) is 5.10 Å². The number of amides is 1. The summed E-state index contributed by atoms with van der Waals surface area (Å²) < 4.78 is 1.49. The van der Waals surface area contributed by atoms with Crippen molar-refractivity contribution >= 4 is 5.91 Å². The van der Waals surface area contributed by atoms with Crippen molar-refractivity contribution in [1.29, 1.82) is 0 Å². The zero-order chi connectivity index (χ0) is 8.27. The summed E-state index contributed by atoms with van der Waals surface area (Å²) in [6, 6.07) is 0. The van der Waals surface area contributed by atoms with E-state index in [1.165, 1.54) is 11.0 Å². The maximum atomic E-state index is 10.8. The highest BCUT2D eigenvalue weighted by Gasteiger charge is 2.00. The van der Waals surface area contributed by atoms with Crippen LogP contribution in [0.3, 0.4) is 0 Å². The molecule has 1 rings (SSSR count). The Morgan fingerprint density at radius 2 is 2.55 bits per heavy atom. The molecule has 0 fully saturated rings. The first kappa shape index (κ1) is 7.71. The van der Waals surface area contributed by atoms with Crippen molar-refractivity contribution < 1.29 is 4.79 Å². The Kier molecular flexibility index (Phi) is 2.20. The monoisotopic (exact) mass is 154 g/mol. The number of carbonyl (C=O) groups excluding carboxylic acids is 1. The van der Waals surface area contributed by atoms with Crippen LogP contribution in [0.15, 0.2) is 6.33 Å². The van der Waals surface area contributed by atoms with Crippen LogP contribution >= 0.6 is 0 Å². The van der Waals surface area contributed by atoms with Crippen LogP contribution in [-0.4, -0.2) is 27.7 Å². The molecule has 0 radical (unpaired) electrons. The number of hydrogen-bond donors (Lipinski definition) is 1. The number of nitrogens with one attached hydrogen (secondary N) is 1. The first-order valence-electron chi connectivity index (χ1n) is 3.29. The molecule has 5 heteroatoms. The Labute approximate surface area is 64.4 Å². The number of likely N-dealkylation sites (N-methyl/N-ethyl adjacent to an activating group) is 1. The lowest BCUT2D eigenvalue weighted by molar-refractivity contribution is -0.121. The van der Waals surface area contributed by atoms with Gasteiger partial charge in [0.25, 0.3) is 0 Å². The average Bonchev–Trinajstić information content (AvgIpc) is 2.35. The van der Waals surface area contributed by atoms with E-state index in [0.29, 0.717) is 5.82 Å². The van der Waals surface area contributed by atoms with Gasteiger partial charge in [0.1, 0.15) is 18.7 Å². The van der Waals surface area contributed by atoms with Crippen LogP contribution in [0, 0.1) is 6.92 Å². The molecule has 1 aromatic rings. The minimum absolute atomic E-state index is 0.0742. The fourth-order valence-corrected chi connectivity index (χ4v) is 0.690. The van der Waals surface area contributed by atoms with Gasteiger partial charge in [-0.15, -0.1) is 0 Å². The first-order chi connectivity index (χ1) is 5.22. The zero-order valence-electron chi connectivity index (χ0n) is 6.53. The lowest BCUT2D eigenvalue weighted by Gasteiger charge is -1.96. The summed E-state index contributed by atoms with van der Waals surface area (Å²) >= 11 is 0. The molecule has 0 aliphatic heterocycles. The van der Waals surface area contributed by atoms with Crippen molar-refractivity contribution in [2.45, 2.75) is 13.5 Å². The summed E-state index contributed by atoms with van der Waals surface area (Å²) in [6.07, 6.45) is 1.53. The van der Waals surface area contributed by atoms with Crippen molar-refractivity contribution in [2.24, 2.45) is 0 Å². The molecule has 0 bridgehead atoms. The van der Waals surface area contributed by atoms with E-state index < -0.39 is 0 Å². The van der Waals surface area contributed by atoms with Crippen LogP contribution in [0.25, 0.3) is 0 Å². The molecular formula is C6H10N4O. The Bertz CT molecular complexity index is 255. The fourth-order valence-electron chi connectivity index (χ4n) is 0.690. The number of hydrogen-bond acceptors (Lipinski definition) is 3. The van der Waals surface area contributed by atoms with E-state index in [0.717, 1.165) is 0 Å². The second-order valence-electron chi connectivity index (χ2n) is 2.16. The van der Waals surface area contributed by atoms with Gasteiger partial charge in [0, 0.05) is 7.05 Å². The molecule has 1 aromatic heterocycles. The molecule has 5 nitrogen and oxygen atoms in total. The lowest BCUT2D eigenvalue weighted by atomic mass is 10.6. The topological polar surface area (TPSA) is 59.8 Å². The summed E-state index contributed by atoms with van der Waals surface area (Å²) in [5, 5.41) is 6.44. The number of aromatic nitrogens is 3. The predicted molar refractivity (Wildman–Crippen MR) is 38.8 cm³/mol. The Morgan fingerprint density at radius 3 is 3.00 bits per heavy atom. The smallest absolute Gasteiger partial charge is 0.241 e. The third-order valence-corrected chi connectivity index (χ3v) is 1.24. The Balaban J connectivity index is 2.57. The molecule has 0 saturated heterocycles. The molecule has 1 heterocycles. The largest absolute Gasteiger partial charge is 0.358 e. The third-order valence-electron chi connectivity index (χ3n) is 1.24. The Hall–Kier alpha value is -1.39. The van der Waals surface area contributed by atoms with Gasteiger partial charge in [-0.3, -0.25) is 4.79 Å². The molecule has 0 aromatic carbocycles. The van der Waals surface area contributed by atoms with Gasteiger partial charge in [-0.25, -0.2) is 9.67 Å². The van der Waals surface area contributed by atoms with Crippen molar-refractivity contribution in [3.63, 3.8) is 0 Å². The molecular weight excluding hydrogens is 144 g/mol. The van der Waals surface area contributed by atoms with E-state index in [-0.39, 0.29) is 12.5 Å². The van der Waals surface area contributed by atoms with Gasteiger partial charge in [-0.1, -0.05) is 0 Å². The van der Waals surface area contributed by atoms with Crippen LogP contribution in [0.1, 0.15) is 5.82 Å². The first-order valence-corrected chi connectivity index (χ1v) is 3.29. The molecule has 0 aliphatic carbocycles. The maximum Gasteiger partial charge on any atom is 0.241 e. The van der Waals surface area contributed by atoms with Gasteiger partial charge in [-0.05, 0) is 6.92 Å². The molecule has 0 unspecified atom stereocenters. The number of nitrogens with zero attached hydrogens (tertiary/aromatic N) is 3. The normalized spacial score (nSPS) is 9.64. The highest BCUT2D eigenvalue weighted by Crippen LogP contribution is 1.85. The Morgan fingerprint density at radius 1 is 1.82 bits per heavy atom. The third kappa shape index (κ3) is 2.03. The summed E-state index contributed by atoms with van der Waals surface area (Å²) in [7, 11) is 1.59. The standard InChI is InChI=1S/C6H10N4O/c1-5-8-4-10(9-5)3-6(11)7-2/h4H,3H2,1-2H3,(H,7,11). The number of carbonyl (C=O) groups is 1. The zero-order valence-corrected chi connectivity index (χ0v) is 6.53. The van der Waals surface area contributed by atoms with Crippen LogP contribution in [-0.2, 0) is 11.3 Å². The predicted octanol–water partition coefficient (Wildman–Crippen LogP) is -0.667. The minimum atomic E-state index is -0.0742. The van der Waals surface area contributed by atoms with Crippen molar-refractivity contribution in [3.8, 4) is 0 Å². The van der Waals surface area contributed by atoms with E-state index in [4.69, 9.17) is 0 Å². The lowest BCUT2D eigenvalue weighted by Crippen LogP contribution is -2.23. The van der Waals surface area contributed by atoms with E-state index in [1.54, 1.807) is 14.0 Å². The van der Waals surface area contributed by atoms with Crippen LogP contribution in [0.4, 0.5) is 0 Å². The quantitative estimate of drug-likeness (QED) is 0.614. The summed E-state index contributed by atoms with van der Waals surface area (Å²) in [5.74, 6) is 0.601. The van der Waals surface area contributed by atoms with Gasteiger partial charge in [0.05, 0.1) is 0 Å². The van der Waals surface area contributed by atoms with Gasteiger partial charge in [0.2, 0.25) is 5.91 Å². The molecule has 11 heavy (non-hydrogen) atoms. The van der Waals surface area contributed by atoms with Gasteiger partial charge < -0.3 is 5.32 Å². The van der Waals surface area contributed by atoms with Crippen LogP contribution in [0.2, 0.25) is 0 Å². The van der Waals surface area contributed by atoms with E-state index in [1.807, 2.05) is 0 Å². The van der Waals surface area contributed by atoms with Crippen molar-refractivity contribution in [1.82, 2.24) is 20.1 Å². The number of rotatable bonds is 2. The van der Waals surface area contributed by atoms with E-state index in [9.17, 15) is 4.79 Å². The maximum absolute atomic E-state index is 10.8.